The van der Waals surface area contributed by atoms with Crippen LogP contribution in [0, 0.1) is 0 Å². The third-order valence-corrected chi connectivity index (χ3v) is 3.63. The summed E-state index contributed by atoms with van der Waals surface area (Å²) >= 11 is 12.0. The van der Waals surface area contributed by atoms with Gasteiger partial charge < -0.3 is 4.74 Å². The van der Waals surface area contributed by atoms with Gasteiger partial charge in [-0.3, -0.25) is 9.69 Å². The molecule has 1 heterocycles. The molecule has 1 fully saturated rings. The van der Waals surface area contributed by atoms with Crippen LogP contribution in [0.15, 0.2) is 18.2 Å². The van der Waals surface area contributed by atoms with E-state index in [0.29, 0.717) is 22.0 Å². The molecule has 1 saturated heterocycles. The summed E-state index contributed by atoms with van der Waals surface area (Å²) in [6.07, 6.45) is 0.434. The summed E-state index contributed by atoms with van der Waals surface area (Å²) < 4.78 is 5.26. The minimum atomic E-state index is -0.00269. The topological polar surface area (TPSA) is 29.5 Å². The zero-order valence-electron chi connectivity index (χ0n) is 9.99. The van der Waals surface area contributed by atoms with E-state index in [1.807, 2.05) is 0 Å². The smallest absolute Gasteiger partial charge is 0.167 e. The molecule has 0 saturated carbocycles. The van der Waals surface area contributed by atoms with Crippen molar-refractivity contribution in [3.63, 3.8) is 0 Å². The highest BCUT2D eigenvalue weighted by Gasteiger charge is 2.17. The normalized spacial score (nSPS) is 16.8. The minimum absolute atomic E-state index is 0.00269. The van der Waals surface area contributed by atoms with E-state index in [-0.39, 0.29) is 5.78 Å². The average molecular weight is 288 g/mol. The Balaban J connectivity index is 1.95. The molecule has 0 N–H and O–H groups in total. The Labute approximate surface area is 117 Å². The van der Waals surface area contributed by atoms with Crippen molar-refractivity contribution in [2.45, 2.75) is 6.42 Å². The number of hydrogen-bond donors (Lipinski definition) is 0. The van der Waals surface area contributed by atoms with Crippen molar-refractivity contribution in [3.05, 3.63) is 33.8 Å². The van der Waals surface area contributed by atoms with Crippen LogP contribution in [0.4, 0.5) is 0 Å². The maximum Gasteiger partial charge on any atom is 0.167 e. The summed E-state index contributed by atoms with van der Waals surface area (Å²) in [6.45, 7) is 3.96. The number of nitrogens with zero attached hydrogens (tertiary/aromatic N) is 1. The molecule has 0 bridgehead atoms. The van der Waals surface area contributed by atoms with Crippen LogP contribution >= 0.6 is 23.2 Å². The molecule has 0 amide bonds. The average Bonchev–Trinajstić information content (AvgIpc) is 2.37. The lowest BCUT2D eigenvalue weighted by molar-refractivity contribution is 0.0370. The third-order valence-electron chi connectivity index (χ3n) is 3.00. The lowest BCUT2D eigenvalue weighted by atomic mass is 10.1. The van der Waals surface area contributed by atoms with Crippen LogP contribution in [-0.2, 0) is 4.74 Å². The standard InChI is InChI=1S/C13H15Cl2NO2/c14-10-2-1-3-11(15)13(10)12(17)4-5-16-6-8-18-9-7-16/h1-3H,4-9H2. The van der Waals surface area contributed by atoms with Gasteiger partial charge >= 0.3 is 0 Å². The van der Waals surface area contributed by atoms with E-state index in [0.717, 1.165) is 32.8 Å². The molecule has 1 aliphatic rings. The molecular formula is C13H15Cl2NO2. The van der Waals surface area contributed by atoms with Crippen LogP contribution in [0.25, 0.3) is 0 Å². The first-order chi connectivity index (χ1) is 8.68. The predicted molar refractivity (Wildman–Crippen MR) is 72.7 cm³/mol. The van der Waals surface area contributed by atoms with E-state index in [4.69, 9.17) is 27.9 Å². The second-order valence-corrected chi connectivity index (χ2v) is 5.04. The second kappa shape index (κ2) is 6.53. The highest BCUT2D eigenvalue weighted by Crippen LogP contribution is 2.25. The van der Waals surface area contributed by atoms with Crippen LogP contribution in [0.2, 0.25) is 10.0 Å². The number of ether oxygens (including phenoxy) is 1. The lowest BCUT2D eigenvalue weighted by Crippen LogP contribution is -2.37. The van der Waals surface area contributed by atoms with Gasteiger partial charge in [-0.25, -0.2) is 0 Å². The number of rotatable bonds is 4. The van der Waals surface area contributed by atoms with Gasteiger partial charge in [0.2, 0.25) is 0 Å². The molecule has 0 spiro atoms. The number of morpholine rings is 1. The van der Waals surface area contributed by atoms with Gasteiger partial charge in [0.1, 0.15) is 0 Å². The fraction of sp³-hybridized carbons (Fsp3) is 0.462. The fourth-order valence-electron chi connectivity index (χ4n) is 1.97. The molecule has 1 aromatic rings. The summed E-state index contributed by atoms with van der Waals surface area (Å²) in [4.78, 5) is 14.3. The molecule has 1 aliphatic heterocycles. The molecule has 0 atom stereocenters. The Morgan fingerprint density at radius 3 is 2.44 bits per heavy atom. The van der Waals surface area contributed by atoms with Crippen molar-refractivity contribution in [2.75, 3.05) is 32.8 Å². The predicted octanol–water partition coefficient (Wildman–Crippen LogP) is 2.90. The highest BCUT2D eigenvalue weighted by molar-refractivity contribution is 6.39. The molecule has 0 aromatic heterocycles. The Morgan fingerprint density at radius 2 is 1.83 bits per heavy atom. The van der Waals surface area contributed by atoms with Crippen molar-refractivity contribution in [2.24, 2.45) is 0 Å². The quantitative estimate of drug-likeness (QED) is 0.798. The van der Waals surface area contributed by atoms with E-state index in [1.165, 1.54) is 0 Å². The summed E-state index contributed by atoms with van der Waals surface area (Å²) in [5.41, 5.74) is 0.439. The van der Waals surface area contributed by atoms with E-state index < -0.39 is 0 Å². The number of carbonyl (C=O) groups is 1. The summed E-state index contributed by atoms with van der Waals surface area (Å²) in [6, 6.07) is 5.12. The molecule has 0 radical (unpaired) electrons. The monoisotopic (exact) mass is 287 g/mol. The van der Waals surface area contributed by atoms with Gasteiger partial charge in [-0.2, -0.15) is 0 Å². The number of carbonyl (C=O) groups excluding carboxylic acids is 1. The van der Waals surface area contributed by atoms with Crippen LogP contribution in [-0.4, -0.2) is 43.5 Å². The van der Waals surface area contributed by atoms with Crippen LogP contribution in [0.5, 0.6) is 0 Å². The zero-order chi connectivity index (χ0) is 13.0. The van der Waals surface area contributed by atoms with Crippen molar-refractivity contribution >= 4 is 29.0 Å². The molecule has 18 heavy (non-hydrogen) atoms. The van der Waals surface area contributed by atoms with E-state index in [2.05, 4.69) is 4.90 Å². The Hall–Kier alpha value is -0.610. The van der Waals surface area contributed by atoms with E-state index in [9.17, 15) is 4.79 Å². The van der Waals surface area contributed by atoms with Crippen LogP contribution in [0.1, 0.15) is 16.8 Å². The van der Waals surface area contributed by atoms with Gasteiger partial charge in [0.15, 0.2) is 5.78 Å². The third kappa shape index (κ3) is 3.45. The Bertz CT molecular complexity index is 411. The van der Waals surface area contributed by atoms with Crippen LogP contribution < -0.4 is 0 Å². The molecule has 98 valence electrons. The largest absolute Gasteiger partial charge is 0.379 e. The van der Waals surface area contributed by atoms with Gasteiger partial charge in [0.25, 0.3) is 0 Å². The maximum atomic E-state index is 12.1. The fourth-order valence-corrected chi connectivity index (χ4v) is 2.58. The van der Waals surface area contributed by atoms with Gasteiger partial charge in [-0.05, 0) is 12.1 Å². The Kier molecular flexibility index (Phi) is 5.01. The number of halogens is 2. The molecule has 1 aromatic carbocycles. The molecule has 3 nitrogen and oxygen atoms in total. The van der Waals surface area contributed by atoms with E-state index in [1.54, 1.807) is 18.2 Å². The summed E-state index contributed by atoms with van der Waals surface area (Å²) in [5.74, 6) is -0.00269. The van der Waals surface area contributed by atoms with Crippen LogP contribution in [0.3, 0.4) is 0 Å². The summed E-state index contributed by atoms with van der Waals surface area (Å²) in [5, 5.41) is 0.851. The number of ketones is 1. The first-order valence-corrected chi connectivity index (χ1v) is 6.71. The van der Waals surface area contributed by atoms with Gasteiger partial charge in [0.05, 0.1) is 28.8 Å². The van der Waals surface area contributed by atoms with Crippen molar-refractivity contribution < 1.29 is 9.53 Å². The Morgan fingerprint density at radius 1 is 1.22 bits per heavy atom. The van der Waals surface area contributed by atoms with Crippen molar-refractivity contribution in [1.29, 1.82) is 0 Å². The minimum Gasteiger partial charge on any atom is -0.379 e. The first kappa shape index (κ1) is 13.8. The lowest BCUT2D eigenvalue weighted by Gasteiger charge is -2.26. The molecular weight excluding hydrogens is 273 g/mol. The number of hydrogen-bond acceptors (Lipinski definition) is 3. The first-order valence-electron chi connectivity index (χ1n) is 5.96. The molecule has 5 heteroatoms. The van der Waals surface area contributed by atoms with Crippen molar-refractivity contribution in [3.8, 4) is 0 Å². The van der Waals surface area contributed by atoms with Gasteiger partial charge in [-0.15, -0.1) is 0 Å². The maximum absolute atomic E-state index is 12.1. The van der Waals surface area contributed by atoms with E-state index >= 15 is 0 Å². The number of Topliss-reactive ketones (excluding diaryl/α,β-unsaturated/α-hetero) is 1. The zero-order valence-corrected chi connectivity index (χ0v) is 11.5. The molecule has 2 rings (SSSR count). The van der Waals surface area contributed by atoms with Gasteiger partial charge in [-0.1, -0.05) is 29.3 Å². The SMILES string of the molecule is O=C(CCN1CCOCC1)c1c(Cl)cccc1Cl. The number of benzene rings is 1. The van der Waals surface area contributed by atoms with Crippen molar-refractivity contribution in [1.82, 2.24) is 4.90 Å². The molecule has 0 aliphatic carbocycles. The summed E-state index contributed by atoms with van der Waals surface area (Å²) in [7, 11) is 0. The molecule has 0 unspecified atom stereocenters. The highest BCUT2D eigenvalue weighted by atomic mass is 35.5. The van der Waals surface area contributed by atoms with Gasteiger partial charge in [0, 0.05) is 26.1 Å². The second-order valence-electron chi connectivity index (χ2n) is 4.22.